The summed E-state index contributed by atoms with van der Waals surface area (Å²) in [4.78, 5) is 2.54. The second-order valence-corrected chi connectivity index (χ2v) is 4.55. The molecule has 2 unspecified atom stereocenters. The molecule has 0 aliphatic carbocycles. The first kappa shape index (κ1) is 14.2. The Morgan fingerprint density at radius 1 is 1.18 bits per heavy atom. The normalized spacial score (nSPS) is 14.9. The van der Waals surface area contributed by atoms with Gasteiger partial charge >= 0.3 is 0 Å². The molecular weight excluding hydrogens is 208 g/mol. The van der Waals surface area contributed by atoms with Crippen molar-refractivity contribution in [3.8, 4) is 0 Å². The van der Waals surface area contributed by atoms with Gasteiger partial charge in [-0.05, 0) is 39.0 Å². The molecule has 0 aromatic heterocycles. The first-order chi connectivity index (χ1) is 8.24. The fraction of sp³-hybridized carbons (Fsp3) is 0.600. The number of hydrogen-bond donors (Lipinski definition) is 1. The first-order valence-electron chi connectivity index (χ1n) is 6.70. The molecule has 1 aromatic carbocycles. The number of nitrogens with zero attached hydrogens (tertiary/aromatic N) is 1. The van der Waals surface area contributed by atoms with Crippen LogP contribution in [0.1, 0.15) is 38.8 Å². The molecule has 2 atom stereocenters. The summed E-state index contributed by atoms with van der Waals surface area (Å²) in [7, 11) is 2.05. The van der Waals surface area contributed by atoms with E-state index in [9.17, 15) is 0 Å². The van der Waals surface area contributed by atoms with Gasteiger partial charge in [0.1, 0.15) is 0 Å². The Morgan fingerprint density at radius 3 is 2.29 bits per heavy atom. The van der Waals surface area contributed by atoms with E-state index in [-0.39, 0.29) is 0 Å². The third kappa shape index (κ3) is 3.83. The lowest BCUT2D eigenvalue weighted by molar-refractivity contribution is 0.181. The van der Waals surface area contributed by atoms with Crippen molar-refractivity contribution in [2.75, 3.05) is 20.1 Å². The molecule has 1 aromatic rings. The van der Waals surface area contributed by atoms with E-state index in [0.29, 0.717) is 12.1 Å². The van der Waals surface area contributed by atoms with Gasteiger partial charge in [0.25, 0.3) is 0 Å². The Hall–Kier alpha value is -0.860. The van der Waals surface area contributed by atoms with Crippen molar-refractivity contribution in [3.05, 3.63) is 35.9 Å². The van der Waals surface area contributed by atoms with Crippen molar-refractivity contribution in [2.45, 2.75) is 39.3 Å². The molecule has 96 valence electrons. The Morgan fingerprint density at radius 2 is 1.82 bits per heavy atom. The van der Waals surface area contributed by atoms with Gasteiger partial charge < -0.3 is 5.32 Å². The van der Waals surface area contributed by atoms with Crippen molar-refractivity contribution in [2.24, 2.45) is 0 Å². The van der Waals surface area contributed by atoms with Crippen molar-refractivity contribution in [1.29, 1.82) is 0 Å². The van der Waals surface area contributed by atoms with Crippen molar-refractivity contribution in [1.82, 2.24) is 10.2 Å². The quantitative estimate of drug-likeness (QED) is 0.780. The maximum absolute atomic E-state index is 3.45. The smallest absolute Gasteiger partial charge is 0.0473 e. The van der Waals surface area contributed by atoms with Crippen LogP contribution in [0.15, 0.2) is 30.3 Å². The van der Waals surface area contributed by atoms with E-state index >= 15 is 0 Å². The number of nitrogens with one attached hydrogen (secondary N) is 1. The standard InChI is InChI=1S/C15H26N2/c1-5-12-17(6-2)13(3)15(16-4)14-10-8-7-9-11-14/h7-11,13,15-16H,5-6,12H2,1-4H3. The summed E-state index contributed by atoms with van der Waals surface area (Å²) < 4.78 is 0. The minimum atomic E-state index is 0.405. The topological polar surface area (TPSA) is 15.3 Å². The predicted molar refractivity (Wildman–Crippen MR) is 75.2 cm³/mol. The fourth-order valence-electron chi connectivity index (χ4n) is 2.49. The van der Waals surface area contributed by atoms with Crippen LogP contribution in [0.2, 0.25) is 0 Å². The van der Waals surface area contributed by atoms with Crippen LogP contribution in [0.5, 0.6) is 0 Å². The number of likely N-dealkylation sites (N-methyl/N-ethyl adjacent to an activating group) is 2. The van der Waals surface area contributed by atoms with Gasteiger partial charge in [-0.3, -0.25) is 4.90 Å². The fourth-order valence-corrected chi connectivity index (χ4v) is 2.49. The van der Waals surface area contributed by atoms with E-state index in [1.165, 1.54) is 18.5 Å². The molecule has 17 heavy (non-hydrogen) atoms. The summed E-state index contributed by atoms with van der Waals surface area (Å²) in [6, 6.07) is 11.6. The summed E-state index contributed by atoms with van der Waals surface area (Å²) in [6.45, 7) is 9.08. The summed E-state index contributed by atoms with van der Waals surface area (Å²) in [5.74, 6) is 0. The molecular formula is C15H26N2. The third-order valence-electron chi connectivity index (χ3n) is 3.45. The van der Waals surface area contributed by atoms with Gasteiger partial charge in [0, 0.05) is 12.1 Å². The van der Waals surface area contributed by atoms with Gasteiger partial charge in [0.2, 0.25) is 0 Å². The van der Waals surface area contributed by atoms with E-state index in [0.717, 1.165) is 6.54 Å². The van der Waals surface area contributed by atoms with Crippen LogP contribution < -0.4 is 5.32 Å². The van der Waals surface area contributed by atoms with Crippen molar-refractivity contribution < 1.29 is 0 Å². The highest BCUT2D eigenvalue weighted by molar-refractivity contribution is 5.20. The molecule has 0 saturated heterocycles. The molecule has 2 heteroatoms. The molecule has 0 heterocycles. The van der Waals surface area contributed by atoms with Crippen molar-refractivity contribution in [3.63, 3.8) is 0 Å². The average Bonchev–Trinajstić information content (AvgIpc) is 2.38. The van der Waals surface area contributed by atoms with Gasteiger partial charge in [-0.1, -0.05) is 44.2 Å². The molecule has 0 spiro atoms. The molecule has 0 bridgehead atoms. The first-order valence-corrected chi connectivity index (χ1v) is 6.70. The summed E-state index contributed by atoms with van der Waals surface area (Å²) >= 11 is 0. The SMILES string of the molecule is CCCN(CC)C(C)C(NC)c1ccccc1. The lowest BCUT2D eigenvalue weighted by Crippen LogP contribution is -2.42. The Balaban J connectivity index is 2.79. The molecule has 2 nitrogen and oxygen atoms in total. The van der Waals surface area contributed by atoms with Crippen LogP contribution in [0.4, 0.5) is 0 Å². The van der Waals surface area contributed by atoms with Crippen LogP contribution in [0, 0.1) is 0 Å². The molecule has 1 rings (SSSR count). The number of rotatable bonds is 7. The zero-order valence-corrected chi connectivity index (χ0v) is 11.6. The largest absolute Gasteiger partial charge is 0.312 e. The molecule has 1 N–H and O–H groups in total. The van der Waals surface area contributed by atoms with E-state index in [1.54, 1.807) is 0 Å². The third-order valence-corrected chi connectivity index (χ3v) is 3.45. The maximum atomic E-state index is 3.45. The molecule has 0 fully saturated rings. The maximum Gasteiger partial charge on any atom is 0.0473 e. The summed E-state index contributed by atoms with van der Waals surface area (Å²) in [5, 5.41) is 3.45. The van der Waals surface area contributed by atoms with Gasteiger partial charge in [-0.15, -0.1) is 0 Å². The number of benzene rings is 1. The molecule has 0 radical (unpaired) electrons. The zero-order valence-electron chi connectivity index (χ0n) is 11.6. The molecule has 0 amide bonds. The molecule has 0 aliphatic rings. The average molecular weight is 234 g/mol. The second kappa shape index (κ2) is 7.46. The Kier molecular flexibility index (Phi) is 6.23. The molecule has 0 aliphatic heterocycles. The minimum absolute atomic E-state index is 0.405. The monoisotopic (exact) mass is 234 g/mol. The van der Waals surface area contributed by atoms with Crippen LogP contribution >= 0.6 is 0 Å². The predicted octanol–water partition coefficient (Wildman–Crippen LogP) is 3.07. The summed E-state index contributed by atoms with van der Waals surface area (Å²) in [6.07, 6.45) is 1.21. The van der Waals surface area contributed by atoms with Gasteiger partial charge in [-0.2, -0.15) is 0 Å². The minimum Gasteiger partial charge on any atom is -0.312 e. The highest BCUT2D eigenvalue weighted by atomic mass is 15.2. The second-order valence-electron chi connectivity index (χ2n) is 4.55. The summed E-state index contributed by atoms with van der Waals surface area (Å²) in [5.41, 5.74) is 1.37. The van der Waals surface area contributed by atoms with Crippen LogP contribution in [0.25, 0.3) is 0 Å². The molecule has 0 saturated carbocycles. The Bertz CT molecular complexity index is 297. The van der Waals surface area contributed by atoms with Gasteiger partial charge in [0.15, 0.2) is 0 Å². The van der Waals surface area contributed by atoms with Crippen LogP contribution in [-0.4, -0.2) is 31.1 Å². The van der Waals surface area contributed by atoms with E-state index < -0.39 is 0 Å². The lowest BCUT2D eigenvalue weighted by atomic mass is 9.99. The van der Waals surface area contributed by atoms with Crippen molar-refractivity contribution >= 4 is 0 Å². The van der Waals surface area contributed by atoms with Gasteiger partial charge in [-0.25, -0.2) is 0 Å². The van der Waals surface area contributed by atoms with E-state index in [1.807, 2.05) is 7.05 Å². The van der Waals surface area contributed by atoms with Gasteiger partial charge in [0.05, 0.1) is 0 Å². The Labute approximate surface area is 106 Å². The highest BCUT2D eigenvalue weighted by Gasteiger charge is 2.21. The lowest BCUT2D eigenvalue weighted by Gasteiger charge is -2.34. The number of hydrogen-bond acceptors (Lipinski definition) is 2. The highest BCUT2D eigenvalue weighted by Crippen LogP contribution is 2.20. The van der Waals surface area contributed by atoms with E-state index in [2.05, 4.69) is 61.3 Å². The van der Waals surface area contributed by atoms with E-state index in [4.69, 9.17) is 0 Å². The zero-order chi connectivity index (χ0) is 12.7. The van der Waals surface area contributed by atoms with Crippen LogP contribution in [0.3, 0.4) is 0 Å². The van der Waals surface area contributed by atoms with Crippen LogP contribution in [-0.2, 0) is 0 Å².